The Hall–Kier alpha value is -2.64. The molecule has 1 unspecified atom stereocenters. The molecule has 0 spiro atoms. The van der Waals surface area contributed by atoms with Crippen molar-refractivity contribution in [3.8, 4) is 0 Å². The number of hydrogen-bond acceptors (Lipinski definition) is 5. The van der Waals surface area contributed by atoms with Gasteiger partial charge < -0.3 is 9.88 Å². The summed E-state index contributed by atoms with van der Waals surface area (Å²) in [6, 6.07) is 16.4. The van der Waals surface area contributed by atoms with Gasteiger partial charge >= 0.3 is 0 Å². The number of amides is 1. The lowest BCUT2D eigenvalue weighted by Crippen LogP contribution is -2.23. The van der Waals surface area contributed by atoms with E-state index in [-0.39, 0.29) is 17.7 Å². The molecule has 0 radical (unpaired) electrons. The predicted molar refractivity (Wildman–Crippen MR) is 128 cm³/mol. The van der Waals surface area contributed by atoms with Gasteiger partial charge in [-0.05, 0) is 63.2 Å². The monoisotopic (exact) mass is 437 g/mol. The Morgan fingerprint density at radius 2 is 1.84 bits per heavy atom. The number of nitrogens with one attached hydrogen (secondary N) is 1. The zero-order chi connectivity index (χ0) is 22.4. The van der Waals surface area contributed by atoms with Crippen molar-refractivity contribution in [2.24, 2.45) is 0 Å². The van der Waals surface area contributed by atoms with Crippen LogP contribution in [0.25, 0.3) is 0 Å². The Balaban J connectivity index is 1.77. The number of rotatable bonds is 9. The topological polar surface area (TPSA) is 63.1 Å². The van der Waals surface area contributed by atoms with Gasteiger partial charge in [-0.1, -0.05) is 55.1 Å². The molecular formula is C24H31N5OS. The molecule has 1 atom stereocenters. The van der Waals surface area contributed by atoms with Gasteiger partial charge in [0.05, 0.1) is 18.3 Å². The second-order valence-electron chi connectivity index (χ2n) is 7.94. The van der Waals surface area contributed by atoms with Crippen molar-refractivity contribution in [1.29, 1.82) is 0 Å². The van der Waals surface area contributed by atoms with E-state index in [1.807, 2.05) is 43.3 Å². The van der Waals surface area contributed by atoms with Crippen LogP contribution >= 0.6 is 11.8 Å². The molecule has 0 bridgehead atoms. The Morgan fingerprint density at radius 1 is 1.10 bits per heavy atom. The van der Waals surface area contributed by atoms with Crippen LogP contribution < -0.4 is 5.32 Å². The Morgan fingerprint density at radius 3 is 2.48 bits per heavy atom. The van der Waals surface area contributed by atoms with Crippen LogP contribution in [0.4, 0.5) is 5.69 Å². The molecule has 1 amide bonds. The molecule has 7 heteroatoms. The van der Waals surface area contributed by atoms with Crippen LogP contribution in [0.1, 0.15) is 41.9 Å². The fourth-order valence-corrected chi connectivity index (χ4v) is 4.24. The number of benzene rings is 2. The summed E-state index contributed by atoms with van der Waals surface area (Å²) in [5, 5.41) is 12.7. The van der Waals surface area contributed by atoms with E-state index in [1.54, 1.807) is 0 Å². The standard InChI is InChI=1S/C24H31N5OS/c1-6-21(28(4)5)23-26-27-24(29(23)15-19-10-8-7-9-11-19)31-16-22(30)25-20-13-12-17(2)18(3)14-20/h7-14,21H,6,15-16H2,1-5H3,(H,25,30). The maximum absolute atomic E-state index is 12.6. The van der Waals surface area contributed by atoms with Crippen molar-refractivity contribution in [2.45, 2.75) is 44.9 Å². The summed E-state index contributed by atoms with van der Waals surface area (Å²) >= 11 is 1.42. The van der Waals surface area contributed by atoms with Crippen LogP contribution in [-0.2, 0) is 11.3 Å². The SMILES string of the molecule is CCC(c1nnc(SCC(=O)Nc2ccc(C)c(C)c2)n1Cc1ccccc1)N(C)C. The fourth-order valence-electron chi connectivity index (χ4n) is 3.49. The van der Waals surface area contributed by atoms with Gasteiger partial charge in [-0.15, -0.1) is 10.2 Å². The third kappa shape index (κ3) is 5.95. The molecule has 3 aromatic rings. The molecule has 0 fully saturated rings. The number of aryl methyl sites for hydroxylation is 2. The molecule has 164 valence electrons. The third-order valence-electron chi connectivity index (χ3n) is 5.36. The lowest BCUT2D eigenvalue weighted by Gasteiger charge is -2.23. The molecule has 0 saturated carbocycles. The zero-order valence-electron chi connectivity index (χ0n) is 18.9. The highest BCUT2D eigenvalue weighted by atomic mass is 32.2. The number of nitrogens with zero attached hydrogens (tertiary/aromatic N) is 4. The molecule has 1 heterocycles. The first-order valence-electron chi connectivity index (χ1n) is 10.5. The van der Waals surface area contributed by atoms with Crippen molar-refractivity contribution >= 4 is 23.4 Å². The summed E-state index contributed by atoms with van der Waals surface area (Å²) in [7, 11) is 4.11. The highest BCUT2D eigenvalue weighted by Gasteiger charge is 2.22. The van der Waals surface area contributed by atoms with E-state index in [2.05, 4.69) is 65.1 Å². The van der Waals surface area contributed by atoms with E-state index >= 15 is 0 Å². The minimum Gasteiger partial charge on any atom is -0.325 e. The Bertz CT molecular complexity index is 1020. The van der Waals surface area contributed by atoms with Crippen LogP contribution in [0.15, 0.2) is 53.7 Å². The maximum Gasteiger partial charge on any atom is 0.234 e. The molecule has 1 aromatic heterocycles. The van der Waals surface area contributed by atoms with Gasteiger partial charge in [-0.2, -0.15) is 0 Å². The average molecular weight is 438 g/mol. The first-order valence-corrected chi connectivity index (χ1v) is 11.5. The molecule has 0 aliphatic heterocycles. The van der Waals surface area contributed by atoms with Crippen molar-refractivity contribution in [3.05, 3.63) is 71.0 Å². The van der Waals surface area contributed by atoms with Gasteiger partial charge in [-0.25, -0.2) is 0 Å². The van der Waals surface area contributed by atoms with E-state index in [0.29, 0.717) is 6.54 Å². The van der Waals surface area contributed by atoms with Gasteiger partial charge in [0.25, 0.3) is 0 Å². The second kappa shape index (κ2) is 10.6. The minimum atomic E-state index is -0.0521. The molecule has 3 rings (SSSR count). The van der Waals surface area contributed by atoms with Crippen LogP contribution in [0.3, 0.4) is 0 Å². The number of anilines is 1. The van der Waals surface area contributed by atoms with Gasteiger partial charge in [0.2, 0.25) is 5.91 Å². The van der Waals surface area contributed by atoms with E-state index in [0.717, 1.165) is 28.7 Å². The lowest BCUT2D eigenvalue weighted by molar-refractivity contribution is -0.113. The number of carbonyl (C=O) groups excluding carboxylic acids is 1. The van der Waals surface area contributed by atoms with Crippen molar-refractivity contribution in [2.75, 3.05) is 25.2 Å². The van der Waals surface area contributed by atoms with E-state index in [9.17, 15) is 4.79 Å². The summed E-state index contributed by atoms with van der Waals surface area (Å²) in [6.07, 6.45) is 0.928. The number of hydrogen-bond donors (Lipinski definition) is 1. The normalized spacial score (nSPS) is 12.2. The molecule has 6 nitrogen and oxygen atoms in total. The third-order valence-corrected chi connectivity index (χ3v) is 6.33. The molecule has 1 N–H and O–H groups in total. The quantitative estimate of drug-likeness (QED) is 0.492. The number of thioether (sulfide) groups is 1. The van der Waals surface area contributed by atoms with E-state index in [4.69, 9.17) is 0 Å². The summed E-state index contributed by atoms with van der Waals surface area (Å²) in [5.74, 6) is 1.15. The van der Waals surface area contributed by atoms with Gasteiger partial charge in [0.15, 0.2) is 11.0 Å². The van der Waals surface area contributed by atoms with Crippen LogP contribution in [0.5, 0.6) is 0 Å². The van der Waals surface area contributed by atoms with Crippen LogP contribution in [0.2, 0.25) is 0 Å². The first-order chi connectivity index (χ1) is 14.9. The second-order valence-corrected chi connectivity index (χ2v) is 8.88. The highest BCUT2D eigenvalue weighted by molar-refractivity contribution is 7.99. The van der Waals surface area contributed by atoms with Crippen molar-refractivity contribution in [1.82, 2.24) is 19.7 Å². The van der Waals surface area contributed by atoms with Gasteiger partial charge in [-0.3, -0.25) is 9.69 Å². The lowest BCUT2D eigenvalue weighted by atomic mass is 10.1. The van der Waals surface area contributed by atoms with Crippen molar-refractivity contribution in [3.63, 3.8) is 0 Å². The summed E-state index contributed by atoms with van der Waals surface area (Å²) in [6.45, 7) is 6.93. The Labute approximate surface area is 189 Å². The first kappa shape index (κ1) is 23.0. The molecule has 0 saturated heterocycles. The highest BCUT2D eigenvalue weighted by Crippen LogP contribution is 2.26. The largest absolute Gasteiger partial charge is 0.325 e. The number of carbonyl (C=O) groups is 1. The minimum absolute atomic E-state index is 0.0521. The number of aromatic nitrogens is 3. The molecule has 31 heavy (non-hydrogen) atoms. The molecular weight excluding hydrogens is 406 g/mol. The molecule has 0 aliphatic carbocycles. The van der Waals surface area contributed by atoms with Gasteiger partial charge in [0.1, 0.15) is 0 Å². The fraction of sp³-hybridized carbons (Fsp3) is 0.375. The molecule has 0 aliphatic rings. The molecule has 2 aromatic carbocycles. The average Bonchev–Trinajstić information content (AvgIpc) is 3.12. The maximum atomic E-state index is 12.6. The summed E-state index contributed by atoms with van der Waals surface area (Å²) in [4.78, 5) is 14.7. The van der Waals surface area contributed by atoms with Crippen molar-refractivity contribution < 1.29 is 4.79 Å². The van der Waals surface area contributed by atoms with Crippen LogP contribution in [0, 0.1) is 13.8 Å². The van der Waals surface area contributed by atoms with Crippen LogP contribution in [-0.4, -0.2) is 45.4 Å². The Kier molecular flexibility index (Phi) is 7.87. The van der Waals surface area contributed by atoms with E-state index in [1.165, 1.54) is 22.9 Å². The van der Waals surface area contributed by atoms with Gasteiger partial charge in [0, 0.05) is 5.69 Å². The predicted octanol–water partition coefficient (Wildman–Crippen LogP) is 4.69. The zero-order valence-corrected chi connectivity index (χ0v) is 19.7. The summed E-state index contributed by atoms with van der Waals surface area (Å²) in [5.41, 5.74) is 4.37. The smallest absolute Gasteiger partial charge is 0.234 e. The summed E-state index contributed by atoms with van der Waals surface area (Å²) < 4.78 is 2.14. The van der Waals surface area contributed by atoms with E-state index < -0.39 is 0 Å².